The van der Waals surface area contributed by atoms with Crippen LogP contribution in [0, 0.1) is 0 Å². The van der Waals surface area contributed by atoms with Crippen molar-refractivity contribution in [1.29, 1.82) is 0 Å². The third-order valence-electron chi connectivity index (χ3n) is 3.69. The van der Waals surface area contributed by atoms with Gasteiger partial charge in [0.2, 0.25) is 0 Å². The lowest BCUT2D eigenvalue weighted by atomic mass is 10.2. The van der Waals surface area contributed by atoms with E-state index in [2.05, 4.69) is 19.6 Å². The molecule has 2 aromatic heterocycles. The lowest BCUT2D eigenvalue weighted by molar-refractivity contribution is -0.00545. The Labute approximate surface area is 141 Å². The molecule has 0 amide bonds. The molecule has 1 fully saturated rings. The monoisotopic (exact) mass is 348 g/mol. The van der Waals surface area contributed by atoms with Crippen LogP contribution >= 0.6 is 0 Å². The Kier molecular flexibility index (Phi) is 4.68. The number of nitrogens with zero attached hydrogens (tertiary/aromatic N) is 3. The first-order valence-electron chi connectivity index (χ1n) is 7.73. The fourth-order valence-corrected chi connectivity index (χ4v) is 3.72. The maximum atomic E-state index is 12.3. The van der Waals surface area contributed by atoms with Crippen LogP contribution in [0.4, 0.5) is 11.5 Å². The normalized spacial score (nSPS) is 21.5. The maximum absolute atomic E-state index is 12.3. The van der Waals surface area contributed by atoms with E-state index >= 15 is 0 Å². The summed E-state index contributed by atoms with van der Waals surface area (Å²) in [5.74, 6) is 0.807. The van der Waals surface area contributed by atoms with E-state index < -0.39 is 10.0 Å². The second-order valence-electron chi connectivity index (χ2n) is 5.86. The third kappa shape index (κ3) is 3.82. The molecule has 24 heavy (non-hydrogen) atoms. The number of anilines is 2. The van der Waals surface area contributed by atoms with Crippen LogP contribution in [0.2, 0.25) is 0 Å². The summed E-state index contributed by atoms with van der Waals surface area (Å²) in [6.45, 7) is 5.58. The summed E-state index contributed by atoms with van der Waals surface area (Å²) in [4.78, 5) is 10.5. The van der Waals surface area contributed by atoms with Crippen LogP contribution in [0.25, 0.3) is 0 Å². The van der Waals surface area contributed by atoms with Gasteiger partial charge in [0.1, 0.15) is 10.7 Å². The van der Waals surface area contributed by atoms with E-state index in [0.717, 1.165) is 18.9 Å². The van der Waals surface area contributed by atoms with Crippen LogP contribution in [-0.4, -0.2) is 43.7 Å². The smallest absolute Gasteiger partial charge is 0.263 e. The van der Waals surface area contributed by atoms with Gasteiger partial charge in [0.05, 0.1) is 24.1 Å². The van der Waals surface area contributed by atoms with Crippen molar-refractivity contribution >= 4 is 21.5 Å². The minimum atomic E-state index is -3.65. The predicted molar refractivity (Wildman–Crippen MR) is 91.5 cm³/mol. The molecule has 2 aromatic rings. The van der Waals surface area contributed by atoms with Crippen LogP contribution in [0.5, 0.6) is 0 Å². The second-order valence-corrected chi connectivity index (χ2v) is 7.54. The Morgan fingerprint density at radius 1 is 1.17 bits per heavy atom. The Bertz CT molecular complexity index is 771. The fourth-order valence-electron chi connectivity index (χ4n) is 2.72. The number of hydrogen-bond acceptors (Lipinski definition) is 6. The number of aromatic nitrogens is 2. The first-order valence-corrected chi connectivity index (χ1v) is 9.21. The minimum absolute atomic E-state index is 0.116. The summed E-state index contributed by atoms with van der Waals surface area (Å²) in [7, 11) is -3.65. The molecule has 0 unspecified atom stereocenters. The summed E-state index contributed by atoms with van der Waals surface area (Å²) >= 11 is 0. The van der Waals surface area contributed by atoms with E-state index in [0.29, 0.717) is 5.69 Å². The molecule has 1 saturated heterocycles. The number of morpholine rings is 1. The van der Waals surface area contributed by atoms with Crippen molar-refractivity contribution in [2.75, 3.05) is 22.7 Å². The van der Waals surface area contributed by atoms with Gasteiger partial charge in [-0.1, -0.05) is 0 Å². The Morgan fingerprint density at radius 2 is 1.92 bits per heavy atom. The molecule has 3 rings (SSSR count). The van der Waals surface area contributed by atoms with Gasteiger partial charge in [-0.15, -0.1) is 0 Å². The van der Waals surface area contributed by atoms with Gasteiger partial charge in [-0.3, -0.25) is 9.71 Å². The Hall–Kier alpha value is -2.19. The summed E-state index contributed by atoms with van der Waals surface area (Å²) in [5.41, 5.74) is 0.414. The lowest BCUT2D eigenvalue weighted by Crippen LogP contribution is -2.45. The maximum Gasteiger partial charge on any atom is 0.263 e. The fraction of sp³-hybridized carbons (Fsp3) is 0.375. The molecule has 0 bridgehead atoms. The molecule has 8 heteroatoms. The summed E-state index contributed by atoms with van der Waals surface area (Å²) in [6, 6.07) is 6.59. The number of rotatable bonds is 4. The van der Waals surface area contributed by atoms with Crippen LogP contribution in [-0.2, 0) is 14.8 Å². The molecule has 0 aromatic carbocycles. The lowest BCUT2D eigenvalue weighted by Gasteiger charge is -2.36. The molecule has 3 heterocycles. The first kappa shape index (κ1) is 16.7. The number of hydrogen-bond donors (Lipinski definition) is 1. The largest absolute Gasteiger partial charge is 0.372 e. The van der Waals surface area contributed by atoms with Crippen LogP contribution in [0.3, 0.4) is 0 Å². The number of ether oxygens (including phenoxy) is 1. The quantitative estimate of drug-likeness (QED) is 0.908. The van der Waals surface area contributed by atoms with Crippen LogP contribution < -0.4 is 9.62 Å². The molecule has 128 valence electrons. The van der Waals surface area contributed by atoms with Crippen molar-refractivity contribution < 1.29 is 13.2 Å². The van der Waals surface area contributed by atoms with Gasteiger partial charge in [-0.05, 0) is 38.1 Å². The molecule has 0 saturated carbocycles. The highest BCUT2D eigenvalue weighted by molar-refractivity contribution is 7.92. The molecule has 0 aliphatic carbocycles. The number of nitrogens with one attached hydrogen (secondary N) is 1. The van der Waals surface area contributed by atoms with E-state index in [1.54, 1.807) is 12.1 Å². The van der Waals surface area contributed by atoms with Crippen molar-refractivity contribution in [3.05, 3.63) is 42.9 Å². The highest BCUT2D eigenvalue weighted by Gasteiger charge is 2.23. The molecule has 1 aliphatic heterocycles. The molecule has 1 N–H and O–H groups in total. The highest BCUT2D eigenvalue weighted by Crippen LogP contribution is 2.21. The van der Waals surface area contributed by atoms with Gasteiger partial charge in [-0.2, -0.15) is 0 Å². The van der Waals surface area contributed by atoms with Crippen molar-refractivity contribution in [2.45, 2.75) is 31.0 Å². The van der Waals surface area contributed by atoms with Gasteiger partial charge < -0.3 is 9.64 Å². The van der Waals surface area contributed by atoms with E-state index in [1.807, 2.05) is 19.9 Å². The van der Waals surface area contributed by atoms with Gasteiger partial charge >= 0.3 is 0 Å². The SMILES string of the molecule is C[C@@H]1CN(c2ccc(NS(=O)(=O)c3cccnc3)cn2)C[C@H](C)O1. The molecule has 7 nitrogen and oxygen atoms in total. The zero-order valence-corrected chi connectivity index (χ0v) is 14.4. The zero-order valence-electron chi connectivity index (χ0n) is 13.6. The van der Waals surface area contributed by atoms with Crippen molar-refractivity contribution in [3.8, 4) is 0 Å². The van der Waals surface area contributed by atoms with Gasteiger partial charge in [0.15, 0.2) is 0 Å². The number of pyridine rings is 2. The van der Waals surface area contributed by atoms with E-state index in [9.17, 15) is 8.42 Å². The molecular formula is C16H20N4O3S. The Morgan fingerprint density at radius 3 is 2.50 bits per heavy atom. The van der Waals surface area contributed by atoms with Gasteiger partial charge in [0, 0.05) is 25.5 Å². The highest BCUT2D eigenvalue weighted by atomic mass is 32.2. The van der Waals surface area contributed by atoms with E-state index in [4.69, 9.17) is 4.74 Å². The summed E-state index contributed by atoms with van der Waals surface area (Å²) in [5, 5.41) is 0. The first-order chi connectivity index (χ1) is 11.4. The molecule has 0 spiro atoms. The zero-order chi connectivity index (χ0) is 17.2. The molecule has 0 radical (unpaired) electrons. The van der Waals surface area contributed by atoms with Crippen molar-refractivity contribution in [3.63, 3.8) is 0 Å². The minimum Gasteiger partial charge on any atom is -0.372 e. The number of sulfonamides is 1. The van der Waals surface area contributed by atoms with Crippen molar-refractivity contribution in [2.24, 2.45) is 0 Å². The average molecular weight is 348 g/mol. The van der Waals surface area contributed by atoms with Crippen LogP contribution in [0.15, 0.2) is 47.8 Å². The average Bonchev–Trinajstić information content (AvgIpc) is 2.55. The molecular weight excluding hydrogens is 328 g/mol. The van der Waals surface area contributed by atoms with E-state index in [1.165, 1.54) is 24.7 Å². The van der Waals surface area contributed by atoms with E-state index in [-0.39, 0.29) is 17.1 Å². The predicted octanol–water partition coefficient (Wildman–Crippen LogP) is 1.89. The Balaban J connectivity index is 1.73. The summed E-state index contributed by atoms with van der Waals surface area (Å²) < 4.78 is 32.8. The molecule has 1 aliphatic rings. The van der Waals surface area contributed by atoms with Crippen molar-refractivity contribution in [1.82, 2.24) is 9.97 Å². The third-order valence-corrected chi connectivity index (χ3v) is 5.05. The second kappa shape index (κ2) is 6.74. The van der Waals surface area contributed by atoms with Crippen LogP contribution in [0.1, 0.15) is 13.8 Å². The molecule has 2 atom stereocenters. The standard InChI is InChI=1S/C16H20N4O3S/c1-12-10-20(11-13(2)23-12)16-6-5-14(8-18-16)19-24(21,22)15-4-3-7-17-9-15/h3-9,12-13,19H,10-11H2,1-2H3/t12-,13+. The van der Waals surface area contributed by atoms with Gasteiger partial charge in [-0.25, -0.2) is 13.4 Å². The summed E-state index contributed by atoms with van der Waals surface area (Å²) in [6.07, 6.45) is 4.63. The topological polar surface area (TPSA) is 84.4 Å². The van der Waals surface area contributed by atoms with Gasteiger partial charge in [0.25, 0.3) is 10.0 Å².